The average Bonchev–Trinajstić information content (AvgIpc) is 2.49. The number of hydrogen-bond donors (Lipinski definition) is 2. The van der Waals surface area contributed by atoms with Crippen LogP contribution in [0.5, 0.6) is 5.88 Å². The highest BCUT2D eigenvalue weighted by Gasteiger charge is 2.34. The zero-order valence-corrected chi connectivity index (χ0v) is 13.7. The van der Waals surface area contributed by atoms with Crippen molar-refractivity contribution in [3.63, 3.8) is 0 Å². The van der Waals surface area contributed by atoms with E-state index in [0.717, 1.165) is 6.07 Å². The van der Waals surface area contributed by atoms with Gasteiger partial charge in [0.15, 0.2) is 5.96 Å². The average molecular weight is 332 g/mol. The number of pyridine rings is 1. The number of aromatic nitrogens is 1. The van der Waals surface area contributed by atoms with E-state index >= 15 is 0 Å². The Morgan fingerprint density at radius 1 is 1.35 bits per heavy atom. The van der Waals surface area contributed by atoms with Crippen molar-refractivity contribution in [2.45, 2.75) is 33.0 Å². The first-order chi connectivity index (χ1) is 10.8. The van der Waals surface area contributed by atoms with E-state index in [4.69, 9.17) is 4.74 Å². The van der Waals surface area contributed by atoms with Gasteiger partial charge in [0.25, 0.3) is 0 Å². The highest BCUT2D eigenvalue weighted by Crippen LogP contribution is 2.34. The van der Waals surface area contributed by atoms with Gasteiger partial charge in [-0.2, -0.15) is 13.2 Å². The molecule has 1 aromatic heterocycles. The summed E-state index contributed by atoms with van der Waals surface area (Å²) in [5.74, 6) is 0.583. The number of ether oxygens (including phenoxy) is 1. The quantitative estimate of drug-likeness (QED) is 0.478. The molecule has 0 aromatic carbocycles. The first kappa shape index (κ1) is 19.1. The van der Waals surface area contributed by atoms with Crippen molar-refractivity contribution in [2.75, 3.05) is 20.2 Å². The lowest BCUT2D eigenvalue weighted by molar-refractivity contribution is -0.139. The Balaban J connectivity index is 2.49. The van der Waals surface area contributed by atoms with Gasteiger partial charge in [-0.25, -0.2) is 4.98 Å². The maximum Gasteiger partial charge on any atom is 0.421 e. The van der Waals surface area contributed by atoms with E-state index in [1.807, 2.05) is 6.92 Å². The second-order valence-corrected chi connectivity index (χ2v) is 5.38. The van der Waals surface area contributed by atoms with Crippen LogP contribution < -0.4 is 15.4 Å². The smallest absolute Gasteiger partial charge is 0.421 e. The van der Waals surface area contributed by atoms with E-state index in [-0.39, 0.29) is 12.6 Å². The molecule has 23 heavy (non-hydrogen) atoms. The van der Waals surface area contributed by atoms with E-state index < -0.39 is 17.6 Å². The Labute approximate surface area is 134 Å². The van der Waals surface area contributed by atoms with Crippen molar-refractivity contribution in [3.05, 3.63) is 23.9 Å². The molecule has 0 aliphatic heterocycles. The molecule has 0 fully saturated rings. The molecule has 0 saturated carbocycles. The molecule has 2 N–H and O–H groups in total. The highest BCUT2D eigenvalue weighted by molar-refractivity contribution is 5.79. The van der Waals surface area contributed by atoms with E-state index in [0.29, 0.717) is 18.4 Å². The number of aliphatic imine (C=N–C) groups is 1. The third-order valence-corrected chi connectivity index (χ3v) is 3.30. The van der Waals surface area contributed by atoms with E-state index in [9.17, 15) is 13.2 Å². The van der Waals surface area contributed by atoms with Crippen molar-refractivity contribution in [3.8, 4) is 5.88 Å². The van der Waals surface area contributed by atoms with Crippen LogP contribution in [0.15, 0.2) is 23.3 Å². The molecule has 0 amide bonds. The molecule has 130 valence electrons. The fraction of sp³-hybridized carbons (Fsp3) is 0.600. The number of hydrogen-bond acceptors (Lipinski definition) is 3. The van der Waals surface area contributed by atoms with Crippen LogP contribution in [0.25, 0.3) is 0 Å². The maximum atomic E-state index is 12.8. The van der Waals surface area contributed by atoms with Crippen molar-refractivity contribution in [1.82, 2.24) is 15.6 Å². The molecule has 1 heterocycles. The summed E-state index contributed by atoms with van der Waals surface area (Å²) in [7, 11) is 1.63. The van der Waals surface area contributed by atoms with Crippen LogP contribution in [0.3, 0.4) is 0 Å². The van der Waals surface area contributed by atoms with Crippen molar-refractivity contribution in [2.24, 2.45) is 10.9 Å². The molecule has 0 radical (unpaired) electrons. The summed E-state index contributed by atoms with van der Waals surface area (Å²) in [6.07, 6.45) is -3.22. The van der Waals surface area contributed by atoms with Crippen molar-refractivity contribution < 1.29 is 17.9 Å². The molecule has 1 atom stereocenters. The van der Waals surface area contributed by atoms with Crippen LogP contribution in [-0.2, 0) is 6.18 Å². The summed E-state index contributed by atoms with van der Waals surface area (Å²) in [6.45, 7) is 6.52. The summed E-state index contributed by atoms with van der Waals surface area (Å²) in [6, 6.07) is 2.39. The van der Waals surface area contributed by atoms with E-state index in [2.05, 4.69) is 34.5 Å². The predicted molar refractivity (Wildman–Crippen MR) is 83.5 cm³/mol. The Kier molecular flexibility index (Phi) is 7.12. The highest BCUT2D eigenvalue weighted by atomic mass is 19.4. The van der Waals surface area contributed by atoms with Crippen LogP contribution in [-0.4, -0.2) is 37.2 Å². The minimum atomic E-state index is -4.48. The molecule has 1 rings (SSSR count). The Morgan fingerprint density at radius 3 is 2.61 bits per heavy atom. The predicted octanol–water partition coefficient (Wildman–Crippen LogP) is 2.69. The minimum absolute atomic E-state index is 0.0385. The van der Waals surface area contributed by atoms with Gasteiger partial charge in [0, 0.05) is 19.3 Å². The van der Waals surface area contributed by atoms with Gasteiger partial charge in [-0.1, -0.05) is 13.8 Å². The lowest BCUT2D eigenvalue weighted by atomic mass is 10.1. The molecule has 1 unspecified atom stereocenters. The van der Waals surface area contributed by atoms with E-state index in [1.54, 1.807) is 7.05 Å². The number of alkyl halides is 3. The molecule has 0 saturated heterocycles. The molecule has 0 spiro atoms. The first-order valence-electron chi connectivity index (χ1n) is 7.38. The Hall–Kier alpha value is -1.99. The van der Waals surface area contributed by atoms with Gasteiger partial charge < -0.3 is 15.4 Å². The fourth-order valence-corrected chi connectivity index (χ4v) is 1.62. The zero-order valence-electron chi connectivity index (χ0n) is 13.7. The summed E-state index contributed by atoms with van der Waals surface area (Å²) in [5, 5.41) is 6.18. The number of nitrogens with zero attached hydrogens (tertiary/aromatic N) is 2. The molecular formula is C15H23F3N4O. The summed E-state index contributed by atoms with van der Waals surface area (Å²) < 4.78 is 43.5. The number of guanidine groups is 1. The summed E-state index contributed by atoms with van der Waals surface area (Å²) in [5.41, 5.74) is -0.879. The fourth-order valence-electron chi connectivity index (χ4n) is 1.62. The molecule has 0 aliphatic carbocycles. The molecule has 0 bridgehead atoms. The molecule has 0 aliphatic rings. The van der Waals surface area contributed by atoms with Crippen molar-refractivity contribution >= 4 is 5.96 Å². The SMILES string of the molecule is CN=C(NCCOc1ncccc1C(F)(F)F)NC(C)C(C)C. The van der Waals surface area contributed by atoms with Crippen LogP contribution in [0.4, 0.5) is 13.2 Å². The maximum absolute atomic E-state index is 12.8. The van der Waals surface area contributed by atoms with Gasteiger partial charge in [0.2, 0.25) is 5.88 Å². The van der Waals surface area contributed by atoms with Crippen molar-refractivity contribution in [1.29, 1.82) is 0 Å². The molecular weight excluding hydrogens is 309 g/mol. The number of rotatable bonds is 6. The van der Waals surface area contributed by atoms with Crippen LogP contribution in [0, 0.1) is 5.92 Å². The second-order valence-electron chi connectivity index (χ2n) is 5.38. The summed E-state index contributed by atoms with van der Waals surface area (Å²) >= 11 is 0. The van der Waals surface area contributed by atoms with Gasteiger partial charge in [-0.15, -0.1) is 0 Å². The van der Waals surface area contributed by atoms with Gasteiger partial charge in [-0.05, 0) is 25.0 Å². The monoisotopic (exact) mass is 332 g/mol. The zero-order chi connectivity index (χ0) is 17.5. The number of nitrogens with one attached hydrogen (secondary N) is 2. The van der Waals surface area contributed by atoms with Gasteiger partial charge in [0.1, 0.15) is 12.2 Å². The Morgan fingerprint density at radius 2 is 2.04 bits per heavy atom. The minimum Gasteiger partial charge on any atom is -0.475 e. The van der Waals surface area contributed by atoms with Crippen LogP contribution in [0.1, 0.15) is 26.3 Å². The number of halogens is 3. The third kappa shape index (κ3) is 6.33. The van der Waals surface area contributed by atoms with Crippen LogP contribution >= 0.6 is 0 Å². The topological polar surface area (TPSA) is 58.5 Å². The lowest BCUT2D eigenvalue weighted by Crippen LogP contribution is -2.45. The third-order valence-electron chi connectivity index (χ3n) is 3.30. The van der Waals surface area contributed by atoms with Crippen LogP contribution in [0.2, 0.25) is 0 Å². The molecule has 5 nitrogen and oxygen atoms in total. The normalized spacial score (nSPS) is 13.8. The first-order valence-corrected chi connectivity index (χ1v) is 7.38. The second kappa shape index (κ2) is 8.59. The lowest BCUT2D eigenvalue weighted by Gasteiger charge is -2.20. The Bertz CT molecular complexity index is 518. The molecule has 1 aromatic rings. The van der Waals surface area contributed by atoms with E-state index in [1.165, 1.54) is 12.3 Å². The van der Waals surface area contributed by atoms with Gasteiger partial charge in [-0.3, -0.25) is 4.99 Å². The standard InChI is InChI=1S/C15H23F3N4O/c1-10(2)11(3)22-14(19-4)21-8-9-23-13-12(15(16,17)18)6-5-7-20-13/h5-7,10-11H,8-9H2,1-4H3,(H2,19,21,22). The largest absolute Gasteiger partial charge is 0.475 e. The summed E-state index contributed by atoms with van der Waals surface area (Å²) in [4.78, 5) is 7.69. The molecule has 8 heteroatoms. The van der Waals surface area contributed by atoms with Gasteiger partial charge in [0.05, 0.1) is 6.54 Å². The van der Waals surface area contributed by atoms with Gasteiger partial charge >= 0.3 is 6.18 Å².